The lowest BCUT2D eigenvalue weighted by molar-refractivity contribution is 0.267. The number of hydrogen-bond acceptors (Lipinski definition) is 6. The van der Waals surface area contributed by atoms with Crippen molar-refractivity contribution in [2.24, 2.45) is 17.8 Å². The van der Waals surface area contributed by atoms with Crippen LogP contribution in [0.5, 0.6) is 0 Å². The number of allylic oxidation sites excluding steroid dienone is 10. The van der Waals surface area contributed by atoms with Crippen LogP contribution in [0, 0.1) is 17.8 Å². The van der Waals surface area contributed by atoms with Gasteiger partial charge in [0.25, 0.3) is 0 Å². The van der Waals surface area contributed by atoms with Gasteiger partial charge in [-0.25, -0.2) is 15.0 Å². The summed E-state index contributed by atoms with van der Waals surface area (Å²) in [6.45, 7) is 2.07. The topological polar surface area (TPSA) is 74.8 Å². The van der Waals surface area contributed by atoms with Crippen LogP contribution in [0.4, 0.5) is 11.4 Å². The van der Waals surface area contributed by atoms with Crippen LogP contribution < -0.4 is 16.0 Å². The zero-order chi connectivity index (χ0) is 29.3. The van der Waals surface area contributed by atoms with E-state index in [-0.39, 0.29) is 12.0 Å². The van der Waals surface area contributed by atoms with Crippen LogP contribution in [-0.2, 0) is 6.42 Å². The summed E-state index contributed by atoms with van der Waals surface area (Å²) in [5.74, 6) is 4.29. The van der Waals surface area contributed by atoms with Crippen molar-refractivity contribution in [1.29, 1.82) is 0 Å². The quantitative estimate of drug-likeness (QED) is 0.337. The van der Waals surface area contributed by atoms with Crippen molar-refractivity contribution in [3.63, 3.8) is 0 Å². The Morgan fingerprint density at radius 3 is 2.61 bits per heavy atom. The maximum Gasteiger partial charge on any atom is 0.159 e. The molecule has 0 bridgehead atoms. The third kappa shape index (κ3) is 5.47. The number of anilines is 2. The van der Waals surface area contributed by atoms with Gasteiger partial charge in [0.15, 0.2) is 11.6 Å². The first kappa shape index (κ1) is 27.4. The molecule has 0 saturated heterocycles. The Balaban J connectivity index is 1.18. The minimum absolute atomic E-state index is 0.182. The van der Waals surface area contributed by atoms with Gasteiger partial charge in [-0.2, -0.15) is 0 Å². The minimum Gasteiger partial charge on any atom is -0.391 e. The van der Waals surface area contributed by atoms with E-state index in [0.717, 1.165) is 75.5 Å². The van der Waals surface area contributed by atoms with Crippen molar-refractivity contribution in [3.05, 3.63) is 108 Å². The van der Waals surface area contributed by atoms with Crippen LogP contribution in [-0.4, -0.2) is 34.1 Å². The van der Waals surface area contributed by atoms with E-state index in [9.17, 15) is 0 Å². The summed E-state index contributed by atoms with van der Waals surface area (Å²) in [5, 5.41) is 11.2. The predicted octanol–water partition coefficient (Wildman–Crippen LogP) is 7.60. The van der Waals surface area contributed by atoms with Gasteiger partial charge in [-0.3, -0.25) is 0 Å². The molecule has 5 unspecified atom stereocenters. The van der Waals surface area contributed by atoms with Crippen LogP contribution >= 0.6 is 0 Å². The Labute approximate surface area is 261 Å². The van der Waals surface area contributed by atoms with E-state index in [4.69, 9.17) is 15.0 Å². The maximum absolute atomic E-state index is 5.23. The number of hydrogen-bond donors (Lipinski definition) is 3. The molecule has 0 saturated carbocycles. The van der Waals surface area contributed by atoms with Crippen LogP contribution in [0.15, 0.2) is 79.1 Å². The monoisotopic (exact) mass is 582 g/mol. The zero-order valence-electron chi connectivity index (χ0n) is 25.4. The van der Waals surface area contributed by atoms with Crippen molar-refractivity contribution >= 4 is 28.6 Å². The fourth-order valence-corrected chi connectivity index (χ4v) is 7.81. The molecule has 3 N–H and O–H groups in total. The van der Waals surface area contributed by atoms with Crippen LogP contribution in [0.1, 0.15) is 79.5 Å². The number of rotatable bonds is 5. The zero-order valence-corrected chi connectivity index (χ0v) is 25.4. The van der Waals surface area contributed by atoms with Gasteiger partial charge in [0.2, 0.25) is 0 Å². The Hall–Kier alpha value is -4.19. The van der Waals surface area contributed by atoms with E-state index in [1.165, 1.54) is 40.1 Å². The molecular formula is C38H42N6. The molecule has 3 aliphatic heterocycles. The summed E-state index contributed by atoms with van der Waals surface area (Å²) in [6, 6.07) is 4.81. The normalized spacial score (nSPS) is 28.6. The molecule has 8 rings (SSSR count). The lowest BCUT2D eigenvalue weighted by Gasteiger charge is -2.39. The highest BCUT2D eigenvalue weighted by atomic mass is 15.0. The molecule has 0 spiro atoms. The van der Waals surface area contributed by atoms with E-state index in [1.807, 2.05) is 0 Å². The molecule has 44 heavy (non-hydrogen) atoms. The van der Waals surface area contributed by atoms with Gasteiger partial charge >= 0.3 is 0 Å². The molecule has 5 atom stereocenters. The van der Waals surface area contributed by atoms with Gasteiger partial charge in [0, 0.05) is 24.9 Å². The van der Waals surface area contributed by atoms with E-state index in [0.29, 0.717) is 17.8 Å². The number of aromatic nitrogens is 3. The SMILES string of the molecule is C1=CCCC(c2nc(C3=CC(C4C=Cc5ccc6c(c5N4)NCCC6)CC(C4CC=CNC4)C3)nc(C3C=CC=CC3)n2)=C1. The summed E-state index contributed by atoms with van der Waals surface area (Å²) in [5.41, 5.74) is 7.78. The molecule has 6 nitrogen and oxygen atoms in total. The molecule has 6 aliphatic rings. The number of benzene rings is 1. The van der Waals surface area contributed by atoms with Crippen molar-refractivity contribution in [1.82, 2.24) is 20.3 Å². The average Bonchev–Trinajstić information content (AvgIpc) is 3.12. The molecule has 6 heteroatoms. The van der Waals surface area contributed by atoms with Gasteiger partial charge in [0.1, 0.15) is 5.82 Å². The first-order chi connectivity index (χ1) is 21.8. The Morgan fingerprint density at radius 1 is 0.818 bits per heavy atom. The Bertz CT molecular complexity index is 1640. The summed E-state index contributed by atoms with van der Waals surface area (Å²) in [6.07, 6.45) is 35.5. The highest BCUT2D eigenvalue weighted by molar-refractivity contribution is 5.85. The van der Waals surface area contributed by atoms with E-state index < -0.39 is 0 Å². The Kier molecular flexibility index (Phi) is 7.50. The smallest absolute Gasteiger partial charge is 0.159 e. The summed E-state index contributed by atoms with van der Waals surface area (Å²) >= 11 is 0. The van der Waals surface area contributed by atoms with Crippen molar-refractivity contribution in [2.75, 3.05) is 23.7 Å². The van der Waals surface area contributed by atoms with Crippen LogP contribution in [0.2, 0.25) is 0 Å². The number of fused-ring (bicyclic) bond motifs is 3. The lowest BCUT2D eigenvalue weighted by atomic mass is 9.71. The van der Waals surface area contributed by atoms with E-state index >= 15 is 0 Å². The molecule has 4 heterocycles. The second-order valence-corrected chi connectivity index (χ2v) is 13.1. The fourth-order valence-electron chi connectivity index (χ4n) is 7.81. The molecule has 1 aromatic carbocycles. The third-order valence-electron chi connectivity index (χ3n) is 10.3. The highest BCUT2D eigenvalue weighted by Crippen LogP contribution is 2.44. The number of nitrogens with zero attached hydrogens (tertiary/aromatic N) is 3. The van der Waals surface area contributed by atoms with E-state index in [1.54, 1.807) is 0 Å². The molecule has 3 aliphatic carbocycles. The van der Waals surface area contributed by atoms with Crippen molar-refractivity contribution in [2.45, 2.75) is 63.3 Å². The van der Waals surface area contributed by atoms with Gasteiger partial charge in [-0.1, -0.05) is 79.0 Å². The second-order valence-electron chi connectivity index (χ2n) is 13.1. The average molecular weight is 583 g/mol. The van der Waals surface area contributed by atoms with Crippen molar-refractivity contribution in [3.8, 4) is 0 Å². The lowest BCUT2D eigenvalue weighted by Crippen LogP contribution is -2.36. The molecule has 224 valence electrons. The molecule has 1 aromatic heterocycles. The molecule has 2 aromatic rings. The summed E-state index contributed by atoms with van der Waals surface area (Å²) < 4.78 is 0. The maximum atomic E-state index is 5.23. The van der Waals surface area contributed by atoms with Gasteiger partial charge < -0.3 is 16.0 Å². The molecule has 0 radical (unpaired) electrons. The van der Waals surface area contributed by atoms with Gasteiger partial charge in [-0.15, -0.1) is 0 Å². The predicted molar refractivity (Wildman–Crippen MR) is 181 cm³/mol. The molecule has 0 fully saturated rings. The minimum atomic E-state index is 0.182. The van der Waals surface area contributed by atoms with Crippen molar-refractivity contribution < 1.29 is 0 Å². The fraction of sp³-hybridized carbons (Fsp3) is 0.395. The summed E-state index contributed by atoms with van der Waals surface area (Å²) in [7, 11) is 0. The second kappa shape index (κ2) is 12.1. The first-order valence-corrected chi connectivity index (χ1v) is 16.7. The molecule has 0 amide bonds. The Morgan fingerprint density at radius 2 is 1.77 bits per heavy atom. The molecular weight excluding hydrogens is 540 g/mol. The third-order valence-corrected chi connectivity index (χ3v) is 10.3. The summed E-state index contributed by atoms with van der Waals surface area (Å²) in [4.78, 5) is 15.5. The largest absolute Gasteiger partial charge is 0.391 e. The van der Waals surface area contributed by atoms with Gasteiger partial charge in [-0.05, 0) is 91.7 Å². The van der Waals surface area contributed by atoms with E-state index in [2.05, 4.69) is 101 Å². The number of aryl methyl sites for hydroxylation is 1. The standard InChI is InChI=1S/C38H42N6/c1-3-9-27(10-4-1)36-42-37(28-11-5-2-6-12-28)44-38(43-36)32-22-30(29-14-7-19-39-24-29)21-31(23-32)33-18-17-26-16-15-25-13-8-20-40-34(25)35(26)41-33/h1-5,7,9,11,15-19,23,27,29-31,33,39-41H,6,8,10,12-14,20-22,24H2. The highest BCUT2D eigenvalue weighted by Gasteiger charge is 2.35. The first-order valence-electron chi connectivity index (χ1n) is 16.7. The van der Waals surface area contributed by atoms with Gasteiger partial charge in [0.05, 0.1) is 17.4 Å². The number of nitrogens with one attached hydrogen (secondary N) is 3. The van der Waals surface area contributed by atoms with Crippen LogP contribution in [0.25, 0.3) is 17.2 Å². The van der Waals surface area contributed by atoms with Crippen LogP contribution in [0.3, 0.4) is 0 Å².